The molecule has 0 amide bonds. The van der Waals surface area contributed by atoms with Crippen LogP contribution < -0.4 is 0 Å². The summed E-state index contributed by atoms with van der Waals surface area (Å²) in [4.78, 5) is 14.9. The number of aliphatic carboxylic acids is 1. The lowest BCUT2D eigenvalue weighted by Crippen LogP contribution is -2.25. The molecule has 0 radical (unpaired) electrons. The number of rotatable bonds is 4. The Morgan fingerprint density at radius 3 is 3.12 bits per heavy atom. The van der Waals surface area contributed by atoms with E-state index >= 15 is 0 Å². The van der Waals surface area contributed by atoms with Gasteiger partial charge in [0.25, 0.3) is 0 Å². The van der Waals surface area contributed by atoms with E-state index < -0.39 is 12.1 Å². The molecule has 2 aromatic heterocycles. The smallest absolute Gasteiger partial charge is 0.333 e. The van der Waals surface area contributed by atoms with E-state index in [0.717, 1.165) is 0 Å². The van der Waals surface area contributed by atoms with Crippen LogP contribution >= 0.6 is 0 Å². The van der Waals surface area contributed by atoms with Gasteiger partial charge in [0.2, 0.25) is 0 Å². The summed E-state index contributed by atoms with van der Waals surface area (Å²) < 4.78 is 6.44. The first-order chi connectivity index (χ1) is 7.70. The normalized spacial score (nSPS) is 12.8. The summed E-state index contributed by atoms with van der Waals surface area (Å²) in [6, 6.07) is 3.50. The Labute approximate surface area is 91.5 Å². The van der Waals surface area contributed by atoms with Crippen LogP contribution in [-0.2, 0) is 16.0 Å². The van der Waals surface area contributed by atoms with E-state index in [1.165, 1.54) is 7.11 Å². The SMILES string of the molecule is COC(Cc1cc2ncccn2n1)C(=O)O. The molecule has 6 nitrogen and oxygen atoms in total. The largest absolute Gasteiger partial charge is 0.479 e. The first kappa shape index (κ1) is 10.6. The van der Waals surface area contributed by atoms with Crippen LogP contribution in [0.15, 0.2) is 24.5 Å². The third-order valence-corrected chi connectivity index (χ3v) is 2.24. The Bertz CT molecular complexity index is 476. The molecule has 1 N–H and O–H groups in total. The van der Waals surface area contributed by atoms with E-state index in [-0.39, 0.29) is 6.42 Å². The van der Waals surface area contributed by atoms with Crippen LogP contribution in [0, 0.1) is 0 Å². The molecule has 0 aliphatic heterocycles. The number of carboxylic acid groups (broad SMARTS) is 1. The van der Waals surface area contributed by atoms with E-state index in [0.29, 0.717) is 11.3 Å². The monoisotopic (exact) mass is 221 g/mol. The Morgan fingerprint density at radius 2 is 2.50 bits per heavy atom. The van der Waals surface area contributed by atoms with Gasteiger partial charge in [-0.1, -0.05) is 0 Å². The predicted octanol–water partition coefficient (Wildman–Crippen LogP) is 0.371. The minimum absolute atomic E-state index is 0.231. The molecule has 1 unspecified atom stereocenters. The third kappa shape index (κ3) is 2.01. The van der Waals surface area contributed by atoms with Crippen LogP contribution in [0.2, 0.25) is 0 Å². The average Bonchev–Trinajstić information content (AvgIpc) is 2.67. The van der Waals surface area contributed by atoms with Crippen molar-refractivity contribution in [2.24, 2.45) is 0 Å². The maximum atomic E-state index is 10.8. The summed E-state index contributed by atoms with van der Waals surface area (Å²) in [5, 5.41) is 13.0. The number of methoxy groups -OCH3 is 1. The average molecular weight is 221 g/mol. The molecular weight excluding hydrogens is 210 g/mol. The fraction of sp³-hybridized carbons (Fsp3) is 0.300. The summed E-state index contributed by atoms with van der Waals surface area (Å²) in [7, 11) is 1.37. The molecular formula is C10H11N3O3. The summed E-state index contributed by atoms with van der Waals surface area (Å²) >= 11 is 0. The summed E-state index contributed by atoms with van der Waals surface area (Å²) in [6.07, 6.45) is 2.78. The highest BCUT2D eigenvalue weighted by atomic mass is 16.5. The van der Waals surface area contributed by atoms with Crippen molar-refractivity contribution in [2.75, 3.05) is 7.11 Å². The lowest BCUT2D eigenvalue weighted by molar-refractivity contribution is -0.148. The van der Waals surface area contributed by atoms with Crippen LogP contribution in [0.4, 0.5) is 0 Å². The molecule has 0 aliphatic carbocycles. The molecule has 1 atom stereocenters. The van der Waals surface area contributed by atoms with Gasteiger partial charge in [-0.25, -0.2) is 14.3 Å². The first-order valence-corrected chi connectivity index (χ1v) is 4.75. The van der Waals surface area contributed by atoms with Crippen LogP contribution in [-0.4, -0.2) is 38.9 Å². The highest BCUT2D eigenvalue weighted by Crippen LogP contribution is 2.07. The third-order valence-electron chi connectivity index (χ3n) is 2.24. The van der Waals surface area contributed by atoms with Gasteiger partial charge in [-0.3, -0.25) is 0 Å². The molecule has 0 fully saturated rings. The molecule has 0 bridgehead atoms. The number of nitrogens with zero attached hydrogens (tertiary/aromatic N) is 3. The second-order valence-corrected chi connectivity index (χ2v) is 3.32. The number of carbonyl (C=O) groups is 1. The molecule has 2 rings (SSSR count). The van der Waals surface area contributed by atoms with Gasteiger partial charge in [-0.05, 0) is 6.07 Å². The molecule has 0 saturated carbocycles. The van der Waals surface area contributed by atoms with Gasteiger partial charge in [0.05, 0.1) is 5.69 Å². The van der Waals surface area contributed by atoms with Crippen LogP contribution in [0.1, 0.15) is 5.69 Å². The minimum atomic E-state index is -0.993. The van der Waals surface area contributed by atoms with Gasteiger partial charge in [0, 0.05) is 32.0 Å². The summed E-state index contributed by atoms with van der Waals surface area (Å²) in [5.74, 6) is -0.993. The quantitative estimate of drug-likeness (QED) is 0.807. The number of hydrogen-bond donors (Lipinski definition) is 1. The highest BCUT2D eigenvalue weighted by Gasteiger charge is 2.18. The molecule has 84 valence electrons. The molecule has 0 saturated heterocycles. The second-order valence-electron chi connectivity index (χ2n) is 3.32. The van der Waals surface area contributed by atoms with Crippen molar-refractivity contribution in [1.82, 2.24) is 14.6 Å². The van der Waals surface area contributed by atoms with Crippen molar-refractivity contribution < 1.29 is 14.6 Å². The van der Waals surface area contributed by atoms with E-state index in [1.807, 2.05) is 0 Å². The molecule has 0 aromatic carbocycles. The van der Waals surface area contributed by atoms with Crippen LogP contribution in [0.5, 0.6) is 0 Å². The Balaban J connectivity index is 2.24. The van der Waals surface area contributed by atoms with E-state index in [2.05, 4.69) is 10.1 Å². The number of ether oxygens (including phenoxy) is 1. The Hall–Kier alpha value is -1.95. The zero-order valence-corrected chi connectivity index (χ0v) is 8.70. The van der Waals surface area contributed by atoms with Crippen molar-refractivity contribution in [1.29, 1.82) is 0 Å². The summed E-state index contributed by atoms with van der Waals surface area (Å²) in [6.45, 7) is 0. The Morgan fingerprint density at radius 1 is 1.69 bits per heavy atom. The van der Waals surface area contributed by atoms with Gasteiger partial charge in [0.15, 0.2) is 11.8 Å². The van der Waals surface area contributed by atoms with E-state index in [1.54, 1.807) is 29.0 Å². The maximum absolute atomic E-state index is 10.8. The fourth-order valence-electron chi connectivity index (χ4n) is 1.44. The summed E-state index contributed by atoms with van der Waals surface area (Å²) in [5.41, 5.74) is 1.34. The van der Waals surface area contributed by atoms with Crippen LogP contribution in [0.25, 0.3) is 5.65 Å². The lowest BCUT2D eigenvalue weighted by Gasteiger charge is -2.07. The van der Waals surface area contributed by atoms with Crippen molar-refractivity contribution in [3.8, 4) is 0 Å². The van der Waals surface area contributed by atoms with Crippen molar-refractivity contribution in [3.05, 3.63) is 30.2 Å². The van der Waals surface area contributed by atoms with E-state index in [4.69, 9.17) is 9.84 Å². The predicted molar refractivity (Wildman–Crippen MR) is 55.1 cm³/mol. The molecule has 0 aliphatic rings. The number of carboxylic acids is 1. The van der Waals surface area contributed by atoms with Gasteiger partial charge >= 0.3 is 5.97 Å². The van der Waals surface area contributed by atoms with Gasteiger partial charge in [-0.15, -0.1) is 0 Å². The van der Waals surface area contributed by atoms with Crippen molar-refractivity contribution in [2.45, 2.75) is 12.5 Å². The molecule has 0 spiro atoms. The van der Waals surface area contributed by atoms with Gasteiger partial charge in [0.1, 0.15) is 0 Å². The molecule has 6 heteroatoms. The first-order valence-electron chi connectivity index (χ1n) is 4.75. The zero-order chi connectivity index (χ0) is 11.5. The molecule has 2 heterocycles. The molecule has 2 aromatic rings. The second kappa shape index (κ2) is 4.28. The van der Waals surface area contributed by atoms with Gasteiger partial charge in [-0.2, -0.15) is 5.10 Å². The topological polar surface area (TPSA) is 76.7 Å². The zero-order valence-electron chi connectivity index (χ0n) is 8.70. The minimum Gasteiger partial charge on any atom is -0.479 e. The number of fused-ring (bicyclic) bond motifs is 1. The van der Waals surface area contributed by atoms with Crippen molar-refractivity contribution >= 4 is 11.6 Å². The van der Waals surface area contributed by atoms with Crippen LogP contribution in [0.3, 0.4) is 0 Å². The highest BCUT2D eigenvalue weighted by molar-refractivity contribution is 5.72. The maximum Gasteiger partial charge on any atom is 0.333 e. The number of hydrogen-bond acceptors (Lipinski definition) is 4. The lowest BCUT2D eigenvalue weighted by atomic mass is 10.2. The fourth-order valence-corrected chi connectivity index (χ4v) is 1.44. The molecule has 16 heavy (non-hydrogen) atoms. The standard InChI is InChI=1S/C10H11N3O3/c1-16-8(10(14)15)5-7-6-9-11-3-2-4-13(9)12-7/h2-4,6,8H,5H2,1H3,(H,14,15). The van der Waals surface area contributed by atoms with E-state index in [9.17, 15) is 4.79 Å². The van der Waals surface area contributed by atoms with Crippen molar-refractivity contribution in [3.63, 3.8) is 0 Å². The number of aromatic nitrogens is 3. The van der Waals surface area contributed by atoms with Gasteiger partial charge < -0.3 is 9.84 Å². The Kier molecular flexibility index (Phi) is 2.82.